The van der Waals surface area contributed by atoms with Gasteiger partial charge in [-0.3, -0.25) is 4.79 Å². The summed E-state index contributed by atoms with van der Waals surface area (Å²) in [5.41, 5.74) is 0. The van der Waals surface area contributed by atoms with Gasteiger partial charge in [0.1, 0.15) is 0 Å². The average Bonchev–Trinajstić information content (AvgIpc) is 1.98. The van der Waals surface area contributed by atoms with Crippen LogP contribution in [0.25, 0.3) is 0 Å². The van der Waals surface area contributed by atoms with Crippen LogP contribution >= 0.6 is 0 Å². The van der Waals surface area contributed by atoms with Crippen molar-refractivity contribution >= 4 is 5.97 Å². The first-order valence-corrected chi connectivity index (χ1v) is 3.64. The van der Waals surface area contributed by atoms with E-state index in [1.807, 2.05) is 13.8 Å². The molecule has 0 spiro atoms. The monoisotopic (exact) mass is 161 g/mol. The highest BCUT2D eigenvalue weighted by atomic mass is 16.4. The Bertz CT molecular complexity index is 127. The molecule has 11 heavy (non-hydrogen) atoms. The van der Waals surface area contributed by atoms with Crippen molar-refractivity contribution in [3.8, 4) is 0 Å². The molecule has 0 rings (SSSR count). The van der Waals surface area contributed by atoms with Gasteiger partial charge in [-0.15, -0.1) is 0 Å². The number of aliphatic hydroxyl groups is 1. The fourth-order valence-electron chi connectivity index (χ4n) is 0.608. The summed E-state index contributed by atoms with van der Waals surface area (Å²) in [7, 11) is 0. The number of aliphatic carboxylic acids is 1. The maximum atomic E-state index is 10.1. The average molecular weight is 161 g/mol. The molecule has 0 amide bonds. The first-order valence-electron chi connectivity index (χ1n) is 3.64. The number of hydrogen-bond donors (Lipinski definition) is 3. The van der Waals surface area contributed by atoms with Crippen molar-refractivity contribution in [1.29, 1.82) is 0 Å². The molecule has 0 saturated heterocycles. The van der Waals surface area contributed by atoms with Gasteiger partial charge in [0, 0.05) is 12.6 Å². The summed E-state index contributed by atoms with van der Waals surface area (Å²) in [4.78, 5) is 10.1. The Balaban J connectivity index is 3.51. The molecule has 0 radical (unpaired) electrons. The molecule has 2 unspecified atom stereocenters. The first-order chi connectivity index (χ1) is 5.07. The van der Waals surface area contributed by atoms with E-state index in [0.29, 0.717) is 0 Å². The van der Waals surface area contributed by atoms with Crippen LogP contribution in [0.5, 0.6) is 0 Å². The Labute approximate surface area is 66.2 Å². The number of hydrogen-bond acceptors (Lipinski definition) is 3. The molecule has 0 fully saturated rings. The zero-order valence-corrected chi connectivity index (χ0v) is 6.87. The van der Waals surface area contributed by atoms with E-state index >= 15 is 0 Å². The number of carboxylic acid groups (broad SMARTS) is 1. The Morgan fingerprint density at radius 1 is 1.55 bits per heavy atom. The maximum Gasteiger partial charge on any atom is 0.317 e. The number of aliphatic hydroxyl groups excluding tert-OH is 1. The second kappa shape index (κ2) is 5.09. The quantitative estimate of drug-likeness (QED) is 0.516. The molecule has 0 heterocycles. The van der Waals surface area contributed by atoms with Gasteiger partial charge < -0.3 is 15.5 Å². The van der Waals surface area contributed by atoms with Crippen molar-refractivity contribution in [3.63, 3.8) is 0 Å². The van der Waals surface area contributed by atoms with Crippen LogP contribution in [0.15, 0.2) is 0 Å². The van der Waals surface area contributed by atoms with Gasteiger partial charge in [0.15, 0.2) is 0 Å². The van der Waals surface area contributed by atoms with Crippen molar-refractivity contribution in [1.82, 2.24) is 5.32 Å². The Hall–Kier alpha value is -0.610. The molecule has 0 aromatic rings. The lowest BCUT2D eigenvalue weighted by atomic mass is 10.1. The zero-order valence-electron chi connectivity index (χ0n) is 6.87. The summed E-state index contributed by atoms with van der Waals surface area (Å²) < 4.78 is 0. The molecule has 66 valence electrons. The molecule has 0 aliphatic heterocycles. The molecule has 0 aromatic heterocycles. The van der Waals surface area contributed by atoms with Crippen molar-refractivity contribution in [2.45, 2.75) is 19.9 Å². The third kappa shape index (κ3) is 4.75. The summed E-state index contributed by atoms with van der Waals surface area (Å²) in [5.74, 6) is -0.781. The van der Waals surface area contributed by atoms with Crippen LogP contribution < -0.4 is 5.32 Å². The van der Waals surface area contributed by atoms with E-state index in [9.17, 15) is 4.79 Å². The molecule has 4 nitrogen and oxygen atoms in total. The molecule has 2 atom stereocenters. The minimum absolute atomic E-state index is 0.0381. The van der Waals surface area contributed by atoms with Crippen LogP contribution in [0, 0.1) is 5.92 Å². The van der Waals surface area contributed by atoms with Crippen molar-refractivity contribution < 1.29 is 15.0 Å². The van der Waals surface area contributed by atoms with Gasteiger partial charge >= 0.3 is 5.97 Å². The zero-order chi connectivity index (χ0) is 8.85. The minimum atomic E-state index is -0.873. The number of nitrogens with one attached hydrogen (secondary N) is 1. The van der Waals surface area contributed by atoms with Gasteiger partial charge in [-0.1, -0.05) is 6.92 Å². The molecule has 0 aliphatic rings. The second-order valence-electron chi connectivity index (χ2n) is 2.72. The van der Waals surface area contributed by atoms with Crippen LogP contribution in [-0.4, -0.2) is 35.4 Å². The van der Waals surface area contributed by atoms with Crippen LogP contribution in [0.3, 0.4) is 0 Å². The van der Waals surface area contributed by atoms with Crippen LogP contribution in [0.4, 0.5) is 0 Å². The lowest BCUT2D eigenvalue weighted by Gasteiger charge is -2.17. The van der Waals surface area contributed by atoms with E-state index in [2.05, 4.69) is 5.32 Å². The standard InChI is InChI=1S/C7H15NO3/c1-5(4-9)6(2)8-3-7(10)11/h5-6,8-9H,3-4H2,1-2H3,(H,10,11). The van der Waals surface area contributed by atoms with E-state index in [1.165, 1.54) is 0 Å². The SMILES string of the molecule is CC(CO)C(C)NCC(=O)O. The Morgan fingerprint density at radius 3 is 2.45 bits per heavy atom. The third-order valence-electron chi connectivity index (χ3n) is 1.72. The van der Waals surface area contributed by atoms with E-state index < -0.39 is 5.97 Å². The lowest BCUT2D eigenvalue weighted by molar-refractivity contribution is -0.136. The fourth-order valence-corrected chi connectivity index (χ4v) is 0.608. The van der Waals surface area contributed by atoms with E-state index in [-0.39, 0.29) is 25.1 Å². The summed E-state index contributed by atoms with van der Waals surface area (Å²) >= 11 is 0. The summed E-state index contributed by atoms with van der Waals surface area (Å²) in [6.45, 7) is 3.74. The Kier molecular flexibility index (Phi) is 4.81. The number of carbonyl (C=O) groups is 1. The van der Waals surface area contributed by atoms with E-state index in [1.54, 1.807) is 0 Å². The summed E-state index contributed by atoms with van der Waals surface area (Å²) in [6.07, 6.45) is 0. The predicted molar refractivity (Wildman–Crippen MR) is 41.4 cm³/mol. The first kappa shape index (κ1) is 10.4. The molecular weight excluding hydrogens is 146 g/mol. The maximum absolute atomic E-state index is 10.1. The summed E-state index contributed by atoms with van der Waals surface area (Å²) in [6, 6.07) is 0.0381. The fraction of sp³-hybridized carbons (Fsp3) is 0.857. The van der Waals surface area contributed by atoms with Crippen molar-refractivity contribution in [2.24, 2.45) is 5.92 Å². The van der Waals surface area contributed by atoms with Crippen LogP contribution in [-0.2, 0) is 4.79 Å². The largest absolute Gasteiger partial charge is 0.480 e. The molecule has 4 heteroatoms. The van der Waals surface area contributed by atoms with Gasteiger partial charge in [0.2, 0.25) is 0 Å². The van der Waals surface area contributed by atoms with Crippen LogP contribution in [0.1, 0.15) is 13.8 Å². The topological polar surface area (TPSA) is 69.6 Å². The summed E-state index contributed by atoms with van der Waals surface area (Å²) in [5, 5.41) is 19.7. The van der Waals surface area contributed by atoms with Crippen LogP contribution in [0.2, 0.25) is 0 Å². The van der Waals surface area contributed by atoms with E-state index in [0.717, 1.165) is 0 Å². The molecule has 0 saturated carbocycles. The highest BCUT2D eigenvalue weighted by molar-refractivity contribution is 5.69. The Morgan fingerprint density at radius 2 is 2.09 bits per heavy atom. The van der Waals surface area contributed by atoms with Crippen molar-refractivity contribution in [2.75, 3.05) is 13.2 Å². The third-order valence-corrected chi connectivity index (χ3v) is 1.72. The molecule has 0 aromatic carbocycles. The minimum Gasteiger partial charge on any atom is -0.480 e. The molecular formula is C7H15NO3. The number of rotatable bonds is 5. The van der Waals surface area contributed by atoms with Gasteiger partial charge in [0.05, 0.1) is 6.54 Å². The molecule has 0 aliphatic carbocycles. The van der Waals surface area contributed by atoms with Gasteiger partial charge in [0.25, 0.3) is 0 Å². The van der Waals surface area contributed by atoms with Gasteiger partial charge in [-0.2, -0.15) is 0 Å². The lowest BCUT2D eigenvalue weighted by Crippen LogP contribution is -2.37. The predicted octanol–water partition coefficient (Wildman–Crippen LogP) is -0.323. The normalized spacial score (nSPS) is 15.9. The van der Waals surface area contributed by atoms with Crippen molar-refractivity contribution in [3.05, 3.63) is 0 Å². The number of carboxylic acids is 1. The van der Waals surface area contributed by atoms with Gasteiger partial charge in [-0.25, -0.2) is 0 Å². The molecule has 0 bridgehead atoms. The van der Waals surface area contributed by atoms with Gasteiger partial charge in [-0.05, 0) is 12.8 Å². The van der Waals surface area contributed by atoms with E-state index in [4.69, 9.17) is 10.2 Å². The highest BCUT2D eigenvalue weighted by Gasteiger charge is 2.10. The smallest absolute Gasteiger partial charge is 0.317 e. The highest BCUT2D eigenvalue weighted by Crippen LogP contribution is 1.99. The molecule has 3 N–H and O–H groups in total. The second-order valence-corrected chi connectivity index (χ2v) is 2.72.